The molecule has 3 rings (SSSR count). The van der Waals surface area contributed by atoms with Crippen molar-refractivity contribution >= 4 is 23.3 Å². The molecule has 3 aromatic rings. The molecule has 1 N–H and O–H groups in total. The van der Waals surface area contributed by atoms with Crippen LogP contribution in [0.1, 0.15) is 21.5 Å². The molecule has 3 aromatic carbocycles. The Labute approximate surface area is 194 Å². The molecule has 9 heteroatoms. The molecule has 34 heavy (non-hydrogen) atoms. The molecule has 0 aromatic heterocycles. The summed E-state index contributed by atoms with van der Waals surface area (Å²) in [4.78, 5) is 37.9. The van der Waals surface area contributed by atoms with Crippen LogP contribution in [0, 0.1) is 0 Å². The summed E-state index contributed by atoms with van der Waals surface area (Å²) in [6.07, 6.45) is -4.62. The molecule has 0 saturated heterocycles. The average Bonchev–Trinajstić information content (AvgIpc) is 2.82. The number of carbonyl (C=O) groups excluding carboxylic acids is 3. The molecule has 0 fully saturated rings. The average molecular weight is 470 g/mol. The normalized spacial score (nSPS) is 10.9. The maximum Gasteiger partial charge on any atom is 0.418 e. The van der Waals surface area contributed by atoms with Gasteiger partial charge in [0.2, 0.25) is 5.91 Å². The van der Waals surface area contributed by atoms with Crippen LogP contribution >= 0.6 is 0 Å². The molecule has 0 heterocycles. The molecular formula is C25H21F3N2O4. The molecule has 0 atom stereocenters. The van der Waals surface area contributed by atoms with Gasteiger partial charge in [-0.15, -0.1) is 0 Å². The zero-order valence-corrected chi connectivity index (χ0v) is 18.1. The monoisotopic (exact) mass is 470 g/mol. The van der Waals surface area contributed by atoms with Crippen molar-refractivity contribution in [1.82, 2.24) is 4.90 Å². The highest BCUT2D eigenvalue weighted by Crippen LogP contribution is 2.34. The van der Waals surface area contributed by atoms with Crippen LogP contribution in [0.5, 0.6) is 5.75 Å². The first-order chi connectivity index (χ1) is 16.1. The third-order valence-electron chi connectivity index (χ3n) is 4.83. The number of anilines is 1. The Balaban J connectivity index is 1.51. The number of carbonyl (C=O) groups is 3. The quantitative estimate of drug-likeness (QED) is 0.495. The van der Waals surface area contributed by atoms with Crippen molar-refractivity contribution in [3.63, 3.8) is 0 Å². The first kappa shape index (κ1) is 24.5. The molecule has 176 valence electrons. The number of nitrogens with one attached hydrogen (secondary N) is 1. The van der Waals surface area contributed by atoms with Gasteiger partial charge in [-0.3, -0.25) is 14.4 Å². The number of hydrogen-bond acceptors (Lipinski definition) is 4. The van der Waals surface area contributed by atoms with Gasteiger partial charge in [-0.25, -0.2) is 0 Å². The van der Waals surface area contributed by atoms with Crippen molar-refractivity contribution in [1.29, 1.82) is 0 Å². The molecule has 0 aliphatic heterocycles. The van der Waals surface area contributed by atoms with Gasteiger partial charge in [0, 0.05) is 18.2 Å². The standard InChI is InChI=1S/C25H21F3N2O4/c1-30(15-22(31)29-21-10-6-5-9-20(21)25(26,27)28)23(32)16-34-19-13-11-18(12-14-19)24(33)17-7-3-2-4-8-17/h2-14H,15-16H2,1H3,(H,29,31). The summed E-state index contributed by atoms with van der Waals surface area (Å²) in [7, 11) is 1.34. The third kappa shape index (κ3) is 6.44. The molecule has 0 unspecified atom stereocenters. The minimum absolute atomic E-state index is 0.152. The van der Waals surface area contributed by atoms with E-state index in [0.29, 0.717) is 16.9 Å². The lowest BCUT2D eigenvalue weighted by Gasteiger charge is -2.18. The number of nitrogens with zero attached hydrogens (tertiary/aromatic N) is 1. The summed E-state index contributed by atoms with van der Waals surface area (Å²) in [5.74, 6) is -1.14. The number of halogens is 3. The number of benzene rings is 3. The SMILES string of the molecule is CN(CC(=O)Nc1ccccc1C(F)(F)F)C(=O)COc1ccc(C(=O)c2ccccc2)cc1. The molecule has 0 spiro atoms. The van der Waals surface area contributed by atoms with Crippen molar-refractivity contribution in [3.05, 3.63) is 95.6 Å². The topological polar surface area (TPSA) is 75.7 Å². The number of ketones is 1. The first-order valence-electron chi connectivity index (χ1n) is 10.2. The van der Waals surface area contributed by atoms with Crippen LogP contribution in [0.2, 0.25) is 0 Å². The Morgan fingerprint density at radius 1 is 0.853 bits per heavy atom. The Hall–Kier alpha value is -4.14. The van der Waals surface area contributed by atoms with E-state index in [1.807, 2.05) is 6.07 Å². The molecule has 2 amide bonds. The van der Waals surface area contributed by atoms with E-state index in [1.165, 1.54) is 19.2 Å². The Bertz CT molecular complexity index is 1160. The number of hydrogen-bond donors (Lipinski definition) is 1. The predicted molar refractivity (Wildman–Crippen MR) is 120 cm³/mol. The van der Waals surface area contributed by atoms with Crippen molar-refractivity contribution in [2.75, 3.05) is 25.5 Å². The van der Waals surface area contributed by atoms with E-state index in [9.17, 15) is 27.6 Å². The van der Waals surface area contributed by atoms with Gasteiger partial charge >= 0.3 is 6.18 Å². The molecule has 6 nitrogen and oxygen atoms in total. The molecule has 0 bridgehead atoms. The van der Waals surface area contributed by atoms with Crippen LogP contribution in [-0.2, 0) is 15.8 Å². The Morgan fingerprint density at radius 3 is 2.09 bits per heavy atom. The van der Waals surface area contributed by atoms with Crippen LogP contribution in [-0.4, -0.2) is 42.7 Å². The van der Waals surface area contributed by atoms with Gasteiger partial charge in [0.05, 0.1) is 17.8 Å². The van der Waals surface area contributed by atoms with Crippen molar-refractivity contribution in [2.45, 2.75) is 6.18 Å². The Kier molecular flexibility index (Phi) is 7.68. The maximum absolute atomic E-state index is 13.1. The van der Waals surface area contributed by atoms with Gasteiger partial charge in [-0.05, 0) is 36.4 Å². The molecule has 0 aliphatic rings. The summed E-state index contributed by atoms with van der Waals surface area (Å²) in [6, 6.07) is 19.6. The van der Waals surface area contributed by atoms with Crippen LogP contribution in [0.25, 0.3) is 0 Å². The van der Waals surface area contributed by atoms with Crippen LogP contribution < -0.4 is 10.1 Å². The zero-order chi connectivity index (χ0) is 24.7. The van der Waals surface area contributed by atoms with E-state index in [4.69, 9.17) is 4.74 Å². The number of rotatable bonds is 8. The number of ether oxygens (including phenoxy) is 1. The number of likely N-dealkylation sites (N-methyl/N-ethyl adjacent to an activating group) is 1. The Morgan fingerprint density at radius 2 is 1.44 bits per heavy atom. The van der Waals surface area contributed by atoms with E-state index < -0.39 is 36.7 Å². The largest absolute Gasteiger partial charge is 0.484 e. The molecular weight excluding hydrogens is 449 g/mol. The lowest BCUT2D eigenvalue weighted by molar-refractivity contribution is -0.137. The summed E-state index contributed by atoms with van der Waals surface area (Å²) in [5, 5.41) is 2.18. The highest BCUT2D eigenvalue weighted by atomic mass is 19.4. The maximum atomic E-state index is 13.1. The smallest absolute Gasteiger partial charge is 0.418 e. The molecule has 0 aliphatic carbocycles. The van der Waals surface area contributed by atoms with Gasteiger partial charge < -0.3 is 15.0 Å². The molecule has 0 radical (unpaired) electrons. The lowest BCUT2D eigenvalue weighted by Crippen LogP contribution is -2.37. The lowest BCUT2D eigenvalue weighted by atomic mass is 10.0. The number of amides is 2. The van der Waals surface area contributed by atoms with Crippen molar-refractivity contribution in [2.24, 2.45) is 0 Å². The van der Waals surface area contributed by atoms with Gasteiger partial charge in [0.15, 0.2) is 12.4 Å². The fourth-order valence-corrected chi connectivity index (χ4v) is 3.05. The summed E-state index contributed by atoms with van der Waals surface area (Å²) in [6.45, 7) is -0.853. The summed E-state index contributed by atoms with van der Waals surface area (Å²) >= 11 is 0. The van der Waals surface area contributed by atoms with E-state index >= 15 is 0 Å². The second-order valence-electron chi connectivity index (χ2n) is 7.35. The van der Waals surface area contributed by atoms with Gasteiger partial charge in [-0.2, -0.15) is 13.2 Å². The third-order valence-corrected chi connectivity index (χ3v) is 4.83. The first-order valence-corrected chi connectivity index (χ1v) is 10.2. The summed E-state index contributed by atoms with van der Waals surface area (Å²) < 4.78 is 44.6. The van der Waals surface area contributed by atoms with Crippen LogP contribution in [0.4, 0.5) is 18.9 Å². The highest BCUT2D eigenvalue weighted by molar-refractivity contribution is 6.09. The van der Waals surface area contributed by atoms with E-state index in [0.717, 1.165) is 17.0 Å². The van der Waals surface area contributed by atoms with Crippen molar-refractivity contribution in [3.8, 4) is 5.75 Å². The highest BCUT2D eigenvalue weighted by Gasteiger charge is 2.33. The fourth-order valence-electron chi connectivity index (χ4n) is 3.05. The zero-order valence-electron chi connectivity index (χ0n) is 18.1. The second-order valence-corrected chi connectivity index (χ2v) is 7.35. The van der Waals surface area contributed by atoms with Gasteiger partial charge in [-0.1, -0.05) is 42.5 Å². The van der Waals surface area contributed by atoms with Gasteiger partial charge in [0.25, 0.3) is 5.91 Å². The van der Waals surface area contributed by atoms with Crippen LogP contribution in [0.3, 0.4) is 0 Å². The summed E-state index contributed by atoms with van der Waals surface area (Å²) in [5.41, 5.74) is -0.362. The number of alkyl halides is 3. The van der Waals surface area contributed by atoms with Crippen LogP contribution in [0.15, 0.2) is 78.9 Å². The second kappa shape index (κ2) is 10.7. The molecule has 0 saturated carbocycles. The van der Waals surface area contributed by atoms with E-state index in [-0.39, 0.29) is 11.5 Å². The van der Waals surface area contributed by atoms with E-state index in [1.54, 1.807) is 48.5 Å². The van der Waals surface area contributed by atoms with Crippen molar-refractivity contribution < 1.29 is 32.3 Å². The predicted octanol–water partition coefficient (Wildman–Crippen LogP) is 4.41. The van der Waals surface area contributed by atoms with E-state index in [2.05, 4.69) is 5.32 Å². The fraction of sp³-hybridized carbons (Fsp3) is 0.160. The minimum atomic E-state index is -4.62. The minimum Gasteiger partial charge on any atom is -0.484 e. The number of para-hydroxylation sites is 1. The van der Waals surface area contributed by atoms with Gasteiger partial charge in [0.1, 0.15) is 5.75 Å².